The van der Waals surface area contributed by atoms with Gasteiger partial charge in [0.05, 0.1) is 25.6 Å². The Hall–Kier alpha value is -1.67. The lowest BCUT2D eigenvalue weighted by atomic mass is 9.97. The van der Waals surface area contributed by atoms with Crippen molar-refractivity contribution in [2.75, 3.05) is 72.1 Å². The van der Waals surface area contributed by atoms with E-state index in [2.05, 4.69) is 9.80 Å². The van der Waals surface area contributed by atoms with Crippen molar-refractivity contribution >= 4 is 17.8 Å². The summed E-state index contributed by atoms with van der Waals surface area (Å²) in [6, 6.07) is 0. The number of rotatable bonds is 6. The number of piperidine rings is 2. The van der Waals surface area contributed by atoms with E-state index in [4.69, 9.17) is 4.74 Å². The van der Waals surface area contributed by atoms with Crippen LogP contribution in [0.15, 0.2) is 0 Å². The third kappa shape index (κ3) is 6.40. The molecule has 0 aliphatic carbocycles. The molecule has 0 radical (unpaired) electrons. The molecule has 2 amide bonds. The van der Waals surface area contributed by atoms with Gasteiger partial charge in [0.25, 0.3) is 0 Å². The van der Waals surface area contributed by atoms with E-state index in [0.29, 0.717) is 45.6 Å². The molecule has 3 saturated heterocycles. The standard InChI is InChI=1S/C21H36N4O4/c1-2-29-21(28)18-6-10-25(11-7-18)20(27)17-23-14-12-22(13-15-23)16-19(26)24-8-4-3-5-9-24/h18H,2-17H2,1H3. The molecular weight excluding hydrogens is 372 g/mol. The van der Waals surface area contributed by atoms with E-state index in [1.54, 1.807) is 0 Å². The molecule has 0 unspecified atom stereocenters. The van der Waals surface area contributed by atoms with E-state index in [1.807, 2.05) is 16.7 Å². The lowest BCUT2D eigenvalue weighted by Crippen LogP contribution is -2.53. The quantitative estimate of drug-likeness (QED) is 0.593. The number of hydrogen-bond acceptors (Lipinski definition) is 6. The molecular formula is C21H36N4O4. The van der Waals surface area contributed by atoms with Crippen molar-refractivity contribution in [2.45, 2.75) is 39.0 Å². The van der Waals surface area contributed by atoms with Crippen molar-refractivity contribution < 1.29 is 19.1 Å². The van der Waals surface area contributed by atoms with Crippen LogP contribution >= 0.6 is 0 Å². The Kier molecular flexibility index (Phi) is 8.29. The maximum Gasteiger partial charge on any atom is 0.309 e. The predicted molar refractivity (Wildman–Crippen MR) is 109 cm³/mol. The van der Waals surface area contributed by atoms with Crippen molar-refractivity contribution in [3.05, 3.63) is 0 Å². The zero-order chi connectivity index (χ0) is 20.6. The predicted octanol–water partition coefficient (Wildman–Crippen LogP) is 0.418. The van der Waals surface area contributed by atoms with Crippen LogP contribution in [0.25, 0.3) is 0 Å². The number of nitrogens with zero attached hydrogens (tertiary/aromatic N) is 4. The Morgan fingerprint density at radius 2 is 1.21 bits per heavy atom. The number of amides is 2. The summed E-state index contributed by atoms with van der Waals surface area (Å²) < 4.78 is 5.09. The van der Waals surface area contributed by atoms with Crippen LogP contribution in [0.1, 0.15) is 39.0 Å². The van der Waals surface area contributed by atoms with E-state index >= 15 is 0 Å². The van der Waals surface area contributed by atoms with Gasteiger partial charge in [0, 0.05) is 52.4 Å². The Bertz CT molecular complexity index is 563. The van der Waals surface area contributed by atoms with Gasteiger partial charge in [-0.25, -0.2) is 0 Å². The molecule has 8 heteroatoms. The lowest BCUT2D eigenvalue weighted by molar-refractivity contribution is -0.151. The molecule has 0 aromatic heterocycles. The molecule has 3 fully saturated rings. The first-order valence-electron chi connectivity index (χ1n) is 11.2. The number of esters is 1. The Balaban J connectivity index is 1.33. The van der Waals surface area contributed by atoms with Gasteiger partial charge >= 0.3 is 5.97 Å². The second kappa shape index (κ2) is 10.9. The Labute approximate surface area is 174 Å². The van der Waals surface area contributed by atoms with Crippen molar-refractivity contribution in [1.82, 2.24) is 19.6 Å². The molecule has 8 nitrogen and oxygen atoms in total. The zero-order valence-corrected chi connectivity index (χ0v) is 17.8. The van der Waals surface area contributed by atoms with E-state index in [-0.39, 0.29) is 23.7 Å². The fourth-order valence-corrected chi connectivity index (χ4v) is 4.46. The summed E-state index contributed by atoms with van der Waals surface area (Å²) in [6.07, 6.45) is 4.86. The topological polar surface area (TPSA) is 73.4 Å². The molecule has 3 heterocycles. The van der Waals surface area contributed by atoms with Gasteiger partial charge in [0.2, 0.25) is 11.8 Å². The summed E-state index contributed by atoms with van der Waals surface area (Å²) in [5, 5.41) is 0. The van der Waals surface area contributed by atoms with Crippen LogP contribution in [0.5, 0.6) is 0 Å². The first-order valence-corrected chi connectivity index (χ1v) is 11.2. The summed E-state index contributed by atoms with van der Waals surface area (Å²) in [4.78, 5) is 45.2. The van der Waals surface area contributed by atoms with Crippen LogP contribution < -0.4 is 0 Å². The van der Waals surface area contributed by atoms with Gasteiger partial charge in [-0.05, 0) is 39.0 Å². The van der Waals surface area contributed by atoms with E-state index in [0.717, 1.165) is 52.1 Å². The smallest absolute Gasteiger partial charge is 0.309 e. The van der Waals surface area contributed by atoms with Crippen LogP contribution in [0, 0.1) is 5.92 Å². The SMILES string of the molecule is CCOC(=O)C1CCN(C(=O)CN2CCN(CC(=O)N3CCCCC3)CC2)CC1. The van der Waals surface area contributed by atoms with Gasteiger partial charge in [-0.3, -0.25) is 24.2 Å². The second-order valence-corrected chi connectivity index (χ2v) is 8.40. The highest BCUT2D eigenvalue weighted by Gasteiger charge is 2.29. The second-order valence-electron chi connectivity index (χ2n) is 8.40. The number of hydrogen-bond donors (Lipinski definition) is 0. The monoisotopic (exact) mass is 408 g/mol. The number of likely N-dealkylation sites (tertiary alicyclic amines) is 2. The first-order chi connectivity index (χ1) is 14.1. The van der Waals surface area contributed by atoms with Gasteiger partial charge in [0.15, 0.2) is 0 Å². The number of ether oxygens (including phenoxy) is 1. The molecule has 164 valence electrons. The zero-order valence-electron chi connectivity index (χ0n) is 17.8. The van der Waals surface area contributed by atoms with Crippen molar-refractivity contribution in [2.24, 2.45) is 5.92 Å². The molecule has 0 bridgehead atoms. The lowest BCUT2D eigenvalue weighted by Gasteiger charge is -2.37. The Morgan fingerprint density at radius 1 is 0.724 bits per heavy atom. The van der Waals surface area contributed by atoms with Crippen molar-refractivity contribution in [1.29, 1.82) is 0 Å². The highest BCUT2D eigenvalue weighted by Crippen LogP contribution is 2.19. The normalized spacial score (nSPS) is 22.5. The molecule has 29 heavy (non-hydrogen) atoms. The average Bonchev–Trinajstić information content (AvgIpc) is 2.76. The molecule has 0 aromatic carbocycles. The van der Waals surface area contributed by atoms with Gasteiger partial charge in [-0.15, -0.1) is 0 Å². The van der Waals surface area contributed by atoms with Crippen LogP contribution in [0.3, 0.4) is 0 Å². The summed E-state index contributed by atoms with van der Waals surface area (Å²) in [7, 11) is 0. The number of carbonyl (C=O) groups is 3. The maximum atomic E-state index is 12.6. The van der Waals surface area contributed by atoms with Crippen LogP contribution in [0.4, 0.5) is 0 Å². The molecule has 0 aromatic rings. The first kappa shape index (κ1) is 22.0. The van der Waals surface area contributed by atoms with Gasteiger partial charge in [-0.2, -0.15) is 0 Å². The Morgan fingerprint density at radius 3 is 1.69 bits per heavy atom. The largest absolute Gasteiger partial charge is 0.466 e. The molecule has 3 aliphatic rings. The van der Waals surface area contributed by atoms with Crippen LogP contribution in [-0.2, 0) is 19.1 Å². The average molecular weight is 409 g/mol. The molecule has 0 N–H and O–H groups in total. The molecule has 0 atom stereocenters. The third-order valence-corrected chi connectivity index (χ3v) is 6.36. The van der Waals surface area contributed by atoms with Gasteiger partial charge < -0.3 is 14.5 Å². The highest BCUT2D eigenvalue weighted by molar-refractivity contribution is 5.79. The molecule has 3 aliphatic heterocycles. The minimum Gasteiger partial charge on any atom is -0.466 e. The molecule has 0 saturated carbocycles. The minimum absolute atomic E-state index is 0.0695. The highest BCUT2D eigenvalue weighted by atomic mass is 16.5. The summed E-state index contributed by atoms with van der Waals surface area (Å²) in [5.41, 5.74) is 0. The molecule has 3 rings (SSSR count). The fourth-order valence-electron chi connectivity index (χ4n) is 4.46. The summed E-state index contributed by atoms with van der Waals surface area (Å²) in [5.74, 6) is 0.193. The minimum atomic E-state index is -0.130. The summed E-state index contributed by atoms with van der Waals surface area (Å²) >= 11 is 0. The van der Waals surface area contributed by atoms with Gasteiger partial charge in [-0.1, -0.05) is 0 Å². The third-order valence-electron chi connectivity index (χ3n) is 6.36. The van der Waals surface area contributed by atoms with Crippen LogP contribution in [0.2, 0.25) is 0 Å². The maximum absolute atomic E-state index is 12.6. The van der Waals surface area contributed by atoms with E-state index < -0.39 is 0 Å². The van der Waals surface area contributed by atoms with E-state index in [9.17, 15) is 14.4 Å². The molecule has 0 spiro atoms. The van der Waals surface area contributed by atoms with Crippen molar-refractivity contribution in [3.8, 4) is 0 Å². The van der Waals surface area contributed by atoms with Gasteiger partial charge in [0.1, 0.15) is 0 Å². The fraction of sp³-hybridized carbons (Fsp3) is 0.857. The van der Waals surface area contributed by atoms with E-state index in [1.165, 1.54) is 6.42 Å². The number of carbonyl (C=O) groups excluding carboxylic acids is 3. The van der Waals surface area contributed by atoms with Crippen LogP contribution in [-0.4, -0.2) is 109 Å². The number of piperazine rings is 1. The summed E-state index contributed by atoms with van der Waals surface area (Å²) in [6.45, 7) is 9.53. The van der Waals surface area contributed by atoms with Crippen molar-refractivity contribution in [3.63, 3.8) is 0 Å².